The lowest BCUT2D eigenvalue weighted by molar-refractivity contribution is -0.137. The summed E-state index contributed by atoms with van der Waals surface area (Å²) in [6.07, 6.45) is 2.96. The van der Waals surface area contributed by atoms with Gasteiger partial charge in [-0.3, -0.25) is 0 Å². The molecule has 0 bridgehead atoms. The molecule has 1 aromatic heterocycles. The highest BCUT2D eigenvalue weighted by atomic mass is 16.5. The van der Waals surface area contributed by atoms with E-state index in [1.165, 1.54) is 0 Å². The Bertz CT molecular complexity index is 990. The number of aliphatic hydroxyl groups is 2. The second-order valence-corrected chi connectivity index (χ2v) is 5.78. The topological polar surface area (TPSA) is 94.6 Å². The summed E-state index contributed by atoms with van der Waals surface area (Å²) in [7, 11) is 0. The quantitative estimate of drug-likeness (QED) is 0.435. The van der Waals surface area contributed by atoms with Gasteiger partial charge < -0.3 is 25.3 Å². The number of fused-ring (bicyclic) bond motifs is 2. The minimum Gasteiger partial charge on any atom is -0.425 e. The number of benzene rings is 2. The maximum Gasteiger partial charge on any atom is 0.337 e. The lowest BCUT2D eigenvalue weighted by Crippen LogP contribution is -2.12. The van der Waals surface area contributed by atoms with E-state index in [4.69, 9.17) is 9.84 Å². The third kappa shape index (κ3) is 2.77. The van der Waals surface area contributed by atoms with Crippen LogP contribution in [0.3, 0.4) is 0 Å². The average molecular weight is 336 g/mol. The molecule has 3 aromatic rings. The molecule has 0 aliphatic carbocycles. The van der Waals surface area contributed by atoms with Crippen molar-refractivity contribution in [1.29, 1.82) is 0 Å². The summed E-state index contributed by atoms with van der Waals surface area (Å²) in [5, 5.41) is 23.0. The fourth-order valence-corrected chi connectivity index (χ4v) is 3.03. The van der Waals surface area contributed by atoms with Crippen LogP contribution in [0.15, 0.2) is 48.7 Å². The third-order valence-electron chi connectivity index (χ3n) is 4.18. The van der Waals surface area contributed by atoms with E-state index in [0.717, 1.165) is 33.3 Å². The lowest BCUT2D eigenvalue weighted by atomic mass is 10.0. The Kier molecular flexibility index (Phi) is 3.76. The van der Waals surface area contributed by atoms with Gasteiger partial charge in [-0.2, -0.15) is 0 Å². The first-order valence-corrected chi connectivity index (χ1v) is 7.84. The first kappa shape index (κ1) is 15.4. The summed E-state index contributed by atoms with van der Waals surface area (Å²) in [6, 6.07) is 12.9. The van der Waals surface area contributed by atoms with Crippen LogP contribution in [0.1, 0.15) is 11.1 Å². The molecule has 0 fully saturated rings. The third-order valence-corrected chi connectivity index (χ3v) is 4.18. The maximum atomic E-state index is 11.3. The molecule has 2 heterocycles. The van der Waals surface area contributed by atoms with Crippen molar-refractivity contribution in [2.45, 2.75) is 6.23 Å². The van der Waals surface area contributed by atoms with Gasteiger partial charge in [0.15, 0.2) is 6.23 Å². The minimum atomic E-state index is -0.780. The molecule has 0 spiro atoms. The van der Waals surface area contributed by atoms with Crippen LogP contribution < -0.4 is 10.1 Å². The Hall–Kier alpha value is -3.09. The lowest BCUT2D eigenvalue weighted by Gasteiger charge is -2.06. The van der Waals surface area contributed by atoms with Gasteiger partial charge in [0.1, 0.15) is 12.4 Å². The predicted octanol–water partition coefficient (Wildman–Crippen LogP) is 2.35. The van der Waals surface area contributed by atoms with Gasteiger partial charge >= 0.3 is 5.97 Å². The fourth-order valence-electron chi connectivity index (χ4n) is 3.03. The van der Waals surface area contributed by atoms with Gasteiger partial charge in [-0.05, 0) is 30.3 Å². The number of rotatable bonds is 3. The molecular weight excluding hydrogens is 320 g/mol. The van der Waals surface area contributed by atoms with Crippen molar-refractivity contribution >= 4 is 34.2 Å². The van der Waals surface area contributed by atoms with E-state index >= 15 is 0 Å². The molecule has 0 radical (unpaired) electrons. The van der Waals surface area contributed by atoms with Gasteiger partial charge in [-0.1, -0.05) is 18.2 Å². The summed E-state index contributed by atoms with van der Waals surface area (Å²) < 4.78 is 5.06. The fraction of sp³-hybridized carbons (Fsp3) is 0.105. The molecule has 4 rings (SSSR count). The van der Waals surface area contributed by atoms with Crippen molar-refractivity contribution in [2.24, 2.45) is 0 Å². The molecule has 0 saturated heterocycles. The van der Waals surface area contributed by atoms with Crippen LogP contribution >= 0.6 is 0 Å². The molecule has 6 heteroatoms. The van der Waals surface area contributed by atoms with E-state index in [0.29, 0.717) is 5.75 Å². The number of anilines is 1. The summed E-state index contributed by atoms with van der Waals surface area (Å²) >= 11 is 0. The number of para-hydroxylation sites is 1. The molecule has 4 N–H and O–H groups in total. The van der Waals surface area contributed by atoms with Crippen molar-refractivity contribution in [3.63, 3.8) is 0 Å². The molecule has 2 aromatic carbocycles. The van der Waals surface area contributed by atoms with Crippen LogP contribution in [0.25, 0.3) is 22.6 Å². The predicted molar refractivity (Wildman–Crippen MR) is 95.0 cm³/mol. The SMILES string of the molecule is O=C(CO)Oc1ccc2[nH]cc(C=C3c4ccccc4NC3O)c2c1. The second-order valence-electron chi connectivity index (χ2n) is 5.78. The monoisotopic (exact) mass is 336 g/mol. The van der Waals surface area contributed by atoms with Crippen LogP contribution in [0.2, 0.25) is 0 Å². The van der Waals surface area contributed by atoms with Gasteiger partial charge in [0, 0.05) is 39.5 Å². The van der Waals surface area contributed by atoms with Crippen LogP contribution in [-0.4, -0.2) is 34.0 Å². The summed E-state index contributed by atoms with van der Waals surface area (Å²) in [5.74, 6) is -0.351. The molecule has 1 atom stereocenters. The highest BCUT2D eigenvalue weighted by molar-refractivity contribution is 6.00. The number of aromatic amines is 1. The Balaban J connectivity index is 1.77. The molecule has 1 unspecified atom stereocenters. The van der Waals surface area contributed by atoms with E-state index in [-0.39, 0.29) is 0 Å². The second kappa shape index (κ2) is 6.08. The number of aromatic nitrogens is 1. The Morgan fingerprint density at radius 3 is 2.92 bits per heavy atom. The number of hydrogen-bond acceptors (Lipinski definition) is 5. The van der Waals surface area contributed by atoms with Gasteiger partial charge in [-0.15, -0.1) is 0 Å². The summed E-state index contributed by atoms with van der Waals surface area (Å²) in [4.78, 5) is 14.4. The van der Waals surface area contributed by atoms with E-state index in [2.05, 4.69) is 10.3 Å². The minimum absolute atomic E-state index is 0.358. The number of nitrogens with one attached hydrogen (secondary N) is 2. The van der Waals surface area contributed by atoms with Crippen LogP contribution in [0.5, 0.6) is 5.75 Å². The maximum absolute atomic E-state index is 11.3. The Morgan fingerprint density at radius 2 is 2.08 bits per heavy atom. The van der Waals surface area contributed by atoms with Crippen molar-refractivity contribution in [3.8, 4) is 5.75 Å². The highest BCUT2D eigenvalue weighted by Gasteiger charge is 2.24. The van der Waals surface area contributed by atoms with Crippen molar-refractivity contribution in [2.75, 3.05) is 11.9 Å². The largest absolute Gasteiger partial charge is 0.425 e. The molecule has 25 heavy (non-hydrogen) atoms. The van der Waals surface area contributed by atoms with E-state index in [1.54, 1.807) is 18.2 Å². The molecule has 126 valence electrons. The Labute approximate surface area is 143 Å². The van der Waals surface area contributed by atoms with Gasteiger partial charge in [-0.25, -0.2) is 4.79 Å². The standard InChI is InChI=1S/C19H16N2O4/c22-10-18(23)25-12-5-6-16-14(8-12)11(9-20-16)7-15-13-3-1-2-4-17(13)21-19(15)24/h1-9,19-22,24H,10H2. The number of aliphatic hydroxyl groups excluding tert-OH is 2. The zero-order valence-electron chi connectivity index (χ0n) is 13.2. The van der Waals surface area contributed by atoms with Crippen molar-refractivity contribution in [1.82, 2.24) is 4.98 Å². The van der Waals surface area contributed by atoms with E-state index in [9.17, 15) is 9.90 Å². The number of ether oxygens (including phenoxy) is 1. The number of carbonyl (C=O) groups excluding carboxylic acids is 1. The molecule has 0 amide bonds. The molecule has 1 aliphatic rings. The molecule has 6 nitrogen and oxygen atoms in total. The van der Waals surface area contributed by atoms with Gasteiger partial charge in [0.2, 0.25) is 0 Å². The first-order chi connectivity index (χ1) is 12.2. The van der Waals surface area contributed by atoms with Crippen LogP contribution in [0.4, 0.5) is 5.69 Å². The first-order valence-electron chi connectivity index (χ1n) is 7.84. The molecular formula is C19H16N2O4. The van der Waals surface area contributed by atoms with Crippen LogP contribution in [-0.2, 0) is 4.79 Å². The van der Waals surface area contributed by atoms with Crippen molar-refractivity contribution < 1.29 is 19.7 Å². The van der Waals surface area contributed by atoms with E-state index < -0.39 is 18.8 Å². The highest BCUT2D eigenvalue weighted by Crippen LogP contribution is 2.36. The molecule has 1 aliphatic heterocycles. The van der Waals surface area contributed by atoms with Crippen molar-refractivity contribution in [3.05, 3.63) is 59.8 Å². The van der Waals surface area contributed by atoms with Gasteiger partial charge in [0.05, 0.1) is 0 Å². The molecule has 0 saturated carbocycles. The number of hydrogen-bond donors (Lipinski definition) is 4. The van der Waals surface area contributed by atoms with E-state index in [1.807, 2.05) is 36.5 Å². The average Bonchev–Trinajstić information content (AvgIpc) is 3.16. The summed E-state index contributed by atoms with van der Waals surface area (Å²) in [5.41, 5.74) is 4.36. The Morgan fingerprint density at radius 1 is 1.24 bits per heavy atom. The zero-order chi connectivity index (χ0) is 17.4. The number of carbonyl (C=O) groups is 1. The smallest absolute Gasteiger partial charge is 0.337 e. The van der Waals surface area contributed by atoms with Crippen LogP contribution in [0, 0.1) is 0 Å². The number of H-pyrrole nitrogens is 1. The summed E-state index contributed by atoms with van der Waals surface area (Å²) in [6.45, 7) is -0.670. The van der Waals surface area contributed by atoms with Gasteiger partial charge in [0.25, 0.3) is 0 Å². The zero-order valence-corrected chi connectivity index (χ0v) is 13.2. The number of esters is 1. The normalized spacial score (nSPS) is 17.5.